The summed E-state index contributed by atoms with van der Waals surface area (Å²) in [6.45, 7) is 3.55. The second kappa shape index (κ2) is 13.9. The number of carbonyl (C=O) groups is 3. The third-order valence-electron chi connectivity index (χ3n) is 6.18. The zero-order chi connectivity index (χ0) is 27.6. The molecule has 2 aromatic carbocycles. The third kappa shape index (κ3) is 7.90. The van der Waals surface area contributed by atoms with Gasteiger partial charge in [0.2, 0.25) is 11.8 Å². The highest BCUT2D eigenvalue weighted by Crippen LogP contribution is 2.19. The van der Waals surface area contributed by atoms with Crippen molar-refractivity contribution < 1.29 is 23.9 Å². The average Bonchev–Trinajstić information content (AvgIpc) is 3.46. The van der Waals surface area contributed by atoms with E-state index in [1.807, 2.05) is 0 Å². The lowest BCUT2D eigenvalue weighted by atomic mass is 10.2. The van der Waals surface area contributed by atoms with Crippen molar-refractivity contribution in [3.63, 3.8) is 0 Å². The molecule has 1 aliphatic rings. The van der Waals surface area contributed by atoms with Crippen molar-refractivity contribution in [2.75, 3.05) is 30.8 Å². The van der Waals surface area contributed by atoms with Crippen LogP contribution in [-0.2, 0) is 25.6 Å². The molecule has 1 fully saturated rings. The van der Waals surface area contributed by atoms with E-state index in [0.29, 0.717) is 46.8 Å². The fraction of sp³-hybridized carbons (Fsp3) is 0.393. The topological polar surface area (TPSA) is 129 Å². The van der Waals surface area contributed by atoms with Crippen LogP contribution in [0.3, 0.4) is 0 Å². The van der Waals surface area contributed by atoms with Gasteiger partial charge in [-0.3, -0.25) is 19.0 Å². The summed E-state index contributed by atoms with van der Waals surface area (Å²) in [5, 5.41) is 6.58. The number of nitrogens with one attached hydrogen (secondary N) is 2. The first-order valence-electron chi connectivity index (χ1n) is 13.0. The fourth-order valence-corrected chi connectivity index (χ4v) is 5.03. The molecule has 206 valence electrons. The molecule has 0 bridgehead atoms. The molecule has 0 aliphatic carbocycles. The Kier molecular flexibility index (Phi) is 10.1. The molecule has 1 saturated heterocycles. The molecular formula is C28H32N4O6S. The highest BCUT2D eigenvalue weighted by atomic mass is 32.2. The number of benzene rings is 2. The minimum absolute atomic E-state index is 0.0201. The molecule has 0 saturated carbocycles. The molecule has 11 heteroatoms. The molecular weight excluding hydrogens is 520 g/mol. The summed E-state index contributed by atoms with van der Waals surface area (Å²) in [5.74, 6) is -0.778. The maximum Gasteiger partial charge on any atom is 0.338 e. The summed E-state index contributed by atoms with van der Waals surface area (Å²) in [4.78, 5) is 54.6. The SMILES string of the molecule is CCOC(=O)c1ccc(NC(=O)CSc2nc3ccccc3c(=O)n2CCCC(=O)NC[C@H]2CCCO2)cc1. The predicted molar refractivity (Wildman–Crippen MR) is 149 cm³/mol. The van der Waals surface area contributed by atoms with E-state index in [2.05, 4.69) is 15.6 Å². The number of fused-ring (bicyclic) bond motifs is 1. The van der Waals surface area contributed by atoms with Crippen LogP contribution in [0.15, 0.2) is 58.5 Å². The number of hydrogen-bond acceptors (Lipinski definition) is 8. The van der Waals surface area contributed by atoms with Crippen LogP contribution in [0, 0.1) is 0 Å². The van der Waals surface area contributed by atoms with Crippen LogP contribution >= 0.6 is 11.8 Å². The van der Waals surface area contributed by atoms with Gasteiger partial charge in [0.1, 0.15) is 0 Å². The zero-order valence-corrected chi connectivity index (χ0v) is 22.6. The van der Waals surface area contributed by atoms with Crippen molar-refractivity contribution in [1.82, 2.24) is 14.9 Å². The van der Waals surface area contributed by atoms with Gasteiger partial charge >= 0.3 is 5.97 Å². The summed E-state index contributed by atoms with van der Waals surface area (Å²) in [7, 11) is 0. The lowest BCUT2D eigenvalue weighted by molar-refractivity contribution is -0.121. The second-order valence-corrected chi connectivity index (χ2v) is 9.99. The Labute approximate surface area is 230 Å². The molecule has 2 heterocycles. The van der Waals surface area contributed by atoms with Crippen LogP contribution in [0.5, 0.6) is 0 Å². The summed E-state index contributed by atoms with van der Waals surface area (Å²) >= 11 is 1.15. The lowest BCUT2D eigenvalue weighted by Crippen LogP contribution is -2.32. The van der Waals surface area contributed by atoms with Crippen LogP contribution in [0.2, 0.25) is 0 Å². The summed E-state index contributed by atoms with van der Waals surface area (Å²) in [6, 6.07) is 13.5. The molecule has 4 rings (SSSR count). The van der Waals surface area contributed by atoms with E-state index in [4.69, 9.17) is 9.47 Å². The Bertz CT molecular complexity index is 1370. The summed E-state index contributed by atoms with van der Waals surface area (Å²) < 4.78 is 12.0. The van der Waals surface area contributed by atoms with E-state index < -0.39 is 5.97 Å². The molecule has 1 aliphatic heterocycles. The number of nitrogens with zero attached hydrogens (tertiary/aromatic N) is 2. The fourth-order valence-electron chi connectivity index (χ4n) is 4.21. The van der Waals surface area contributed by atoms with Gasteiger partial charge < -0.3 is 20.1 Å². The Morgan fingerprint density at radius 3 is 2.67 bits per heavy atom. The first kappa shape index (κ1) is 28.3. The molecule has 0 radical (unpaired) electrons. The molecule has 1 aromatic heterocycles. The average molecular weight is 553 g/mol. The molecule has 3 aromatic rings. The Hall–Kier alpha value is -3.70. The predicted octanol–water partition coefficient (Wildman–Crippen LogP) is 3.38. The van der Waals surface area contributed by atoms with Crippen molar-refractivity contribution in [1.29, 1.82) is 0 Å². The number of rotatable bonds is 12. The standard InChI is InChI=1S/C28H32N4O6S/c1-2-37-27(36)19-11-13-20(14-12-19)30-25(34)18-39-28-31-23-9-4-3-8-22(23)26(35)32(28)15-5-10-24(33)29-17-21-7-6-16-38-21/h3-4,8-9,11-14,21H,2,5-7,10,15-18H2,1H3,(H,29,33)(H,30,34)/t21-/m1/s1. The van der Waals surface area contributed by atoms with E-state index in [0.717, 1.165) is 31.2 Å². The van der Waals surface area contributed by atoms with Gasteiger partial charge in [-0.05, 0) is 62.6 Å². The van der Waals surface area contributed by atoms with E-state index >= 15 is 0 Å². The van der Waals surface area contributed by atoms with Gasteiger partial charge in [-0.15, -0.1) is 0 Å². The number of hydrogen-bond donors (Lipinski definition) is 2. The Morgan fingerprint density at radius 1 is 1.13 bits per heavy atom. The summed E-state index contributed by atoms with van der Waals surface area (Å²) in [5.41, 5.74) is 1.27. The van der Waals surface area contributed by atoms with Gasteiger partial charge in [-0.2, -0.15) is 0 Å². The number of esters is 1. The number of aromatic nitrogens is 2. The number of amides is 2. The van der Waals surface area contributed by atoms with E-state index in [9.17, 15) is 19.2 Å². The van der Waals surface area contributed by atoms with Crippen LogP contribution in [0.4, 0.5) is 5.69 Å². The van der Waals surface area contributed by atoms with Gasteiger partial charge in [-0.1, -0.05) is 23.9 Å². The molecule has 10 nitrogen and oxygen atoms in total. The number of thioether (sulfide) groups is 1. The zero-order valence-electron chi connectivity index (χ0n) is 21.8. The monoisotopic (exact) mass is 552 g/mol. The molecule has 2 N–H and O–H groups in total. The smallest absolute Gasteiger partial charge is 0.338 e. The number of ether oxygens (including phenoxy) is 2. The maximum atomic E-state index is 13.2. The van der Waals surface area contributed by atoms with Crippen molar-refractivity contribution in [2.24, 2.45) is 0 Å². The van der Waals surface area contributed by atoms with Crippen molar-refractivity contribution in [3.05, 3.63) is 64.4 Å². The highest BCUT2D eigenvalue weighted by molar-refractivity contribution is 7.99. The number of anilines is 1. The van der Waals surface area contributed by atoms with Crippen molar-refractivity contribution in [2.45, 2.75) is 50.4 Å². The van der Waals surface area contributed by atoms with Gasteiger partial charge in [0.25, 0.3) is 5.56 Å². The first-order valence-corrected chi connectivity index (χ1v) is 14.0. The van der Waals surface area contributed by atoms with E-state index in [1.54, 1.807) is 55.5 Å². The minimum atomic E-state index is -0.424. The molecule has 1 atom stereocenters. The lowest BCUT2D eigenvalue weighted by Gasteiger charge is -2.14. The molecule has 0 unspecified atom stereocenters. The van der Waals surface area contributed by atoms with Gasteiger partial charge in [-0.25, -0.2) is 9.78 Å². The highest BCUT2D eigenvalue weighted by Gasteiger charge is 2.17. The van der Waals surface area contributed by atoms with Crippen LogP contribution in [0.1, 0.15) is 43.0 Å². The largest absolute Gasteiger partial charge is 0.462 e. The van der Waals surface area contributed by atoms with E-state index in [1.165, 1.54) is 4.57 Å². The first-order chi connectivity index (χ1) is 18.9. The second-order valence-electron chi connectivity index (χ2n) is 9.05. The maximum absolute atomic E-state index is 13.2. The van der Waals surface area contributed by atoms with Crippen LogP contribution in [-0.4, -0.2) is 59.0 Å². The van der Waals surface area contributed by atoms with Gasteiger partial charge in [0.05, 0.1) is 34.9 Å². The Balaban J connectivity index is 1.37. The van der Waals surface area contributed by atoms with Gasteiger partial charge in [0.15, 0.2) is 5.16 Å². The van der Waals surface area contributed by atoms with Crippen LogP contribution < -0.4 is 16.2 Å². The van der Waals surface area contributed by atoms with Crippen molar-refractivity contribution >= 4 is 46.1 Å². The number of para-hydroxylation sites is 1. The summed E-state index contributed by atoms with van der Waals surface area (Å²) in [6.07, 6.45) is 2.75. The third-order valence-corrected chi connectivity index (χ3v) is 7.15. The number of carbonyl (C=O) groups excluding carboxylic acids is 3. The molecule has 2 amide bonds. The quantitative estimate of drug-likeness (QED) is 0.199. The Morgan fingerprint density at radius 2 is 1.92 bits per heavy atom. The van der Waals surface area contributed by atoms with Crippen molar-refractivity contribution in [3.8, 4) is 0 Å². The van der Waals surface area contributed by atoms with Crippen LogP contribution in [0.25, 0.3) is 10.9 Å². The minimum Gasteiger partial charge on any atom is -0.462 e. The van der Waals surface area contributed by atoms with Gasteiger partial charge in [0, 0.05) is 31.8 Å². The normalized spacial score (nSPS) is 14.7. The van der Waals surface area contributed by atoms with E-state index in [-0.39, 0.29) is 42.3 Å². The molecule has 0 spiro atoms. The molecule has 39 heavy (non-hydrogen) atoms.